The van der Waals surface area contributed by atoms with E-state index in [0.29, 0.717) is 23.2 Å². The van der Waals surface area contributed by atoms with Crippen molar-refractivity contribution in [1.29, 1.82) is 0 Å². The highest BCUT2D eigenvalue weighted by Gasteiger charge is 2.25. The Morgan fingerprint density at radius 1 is 1.27 bits per heavy atom. The number of carbonyl (C=O) groups is 1. The van der Waals surface area contributed by atoms with E-state index in [0.717, 1.165) is 11.4 Å². The number of amides is 1. The average molecular weight is 318 g/mol. The van der Waals surface area contributed by atoms with Gasteiger partial charge >= 0.3 is 0 Å². The molecule has 2 aromatic rings. The fourth-order valence-corrected chi connectivity index (χ4v) is 2.16. The number of hydrogen-bond acceptors (Lipinski definition) is 4. The van der Waals surface area contributed by atoms with Crippen LogP contribution in [0.5, 0.6) is 5.75 Å². The zero-order valence-electron chi connectivity index (χ0n) is 12.0. The van der Waals surface area contributed by atoms with Gasteiger partial charge in [0.15, 0.2) is 6.61 Å². The maximum atomic E-state index is 11.8. The predicted molar refractivity (Wildman–Crippen MR) is 82.8 cm³/mol. The molecule has 0 aliphatic heterocycles. The zero-order valence-corrected chi connectivity index (χ0v) is 12.7. The maximum Gasteiger partial charge on any atom is 0.258 e. The molecule has 6 heteroatoms. The number of ether oxygens (including phenoxy) is 1. The van der Waals surface area contributed by atoms with Gasteiger partial charge in [0.25, 0.3) is 5.91 Å². The summed E-state index contributed by atoms with van der Waals surface area (Å²) in [7, 11) is 0. The molecule has 1 heterocycles. The van der Waals surface area contributed by atoms with Crippen LogP contribution in [0.1, 0.15) is 30.1 Å². The van der Waals surface area contributed by atoms with Gasteiger partial charge in [0, 0.05) is 16.6 Å². The lowest BCUT2D eigenvalue weighted by molar-refractivity contribution is -0.123. The minimum atomic E-state index is -0.193. The van der Waals surface area contributed by atoms with Gasteiger partial charge in [0.2, 0.25) is 0 Å². The van der Waals surface area contributed by atoms with Gasteiger partial charge < -0.3 is 10.1 Å². The van der Waals surface area contributed by atoms with Crippen LogP contribution in [-0.4, -0.2) is 22.5 Å². The first kappa shape index (κ1) is 14.8. The Morgan fingerprint density at radius 3 is 2.77 bits per heavy atom. The lowest BCUT2D eigenvalue weighted by Crippen LogP contribution is -2.28. The molecular formula is C16H16ClN3O2. The average Bonchev–Trinajstić information content (AvgIpc) is 3.37. The summed E-state index contributed by atoms with van der Waals surface area (Å²) in [5.41, 5.74) is 1.88. The Bertz CT molecular complexity index is 657. The molecule has 0 unspecified atom stereocenters. The first-order chi connectivity index (χ1) is 10.7. The molecule has 1 aliphatic carbocycles. The molecule has 0 spiro atoms. The molecule has 1 saturated carbocycles. The van der Waals surface area contributed by atoms with Crippen molar-refractivity contribution >= 4 is 17.5 Å². The minimum absolute atomic E-state index is 0.0395. The zero-order chi connectivity index (χ0) is 15.4. The van der Waals surface area contributed by atoms with E-state index in [2.05, 4.69) is 15.3 Å². The summed E-state index contributed by atoms with van der Waals surface area (Å²) in [6, 6.07) is 8.84. The molecule has 0 radical (unpaired) electrons. The second-order valence-electron chi connectivity index (χ2n) is 5.23. The topological polar surface area (TPSA) is 64.1 Å². The molecule has 5 nitrogen and oxygen atoms in total. The number of rotatable bonds is 6. The SMILES string of the molecule is O=C(COc1ccc(Cl)cc1)NCc1cc(C2CC2)ncn1. The van der Waals surface area contributed by atoms with Gasteiger partial charge in [-0.3, -0.25) is 4.79 Å². The van der Waals surface area contributed by atoms with E-state index in [1.807, 2.05) is 6.07 Å². The van der Waals surface area contributed by atoms with E-state index >= 15 is 0 Å². The van der Waals surface area contributed by atoms with Crippen LogP contribution in [0, 0.1) is 0 Å². The molecule has 3 rings (SSSR count). The van der Waals surface area contributed by atoms with Crippen molar-refractivity contribution in [2.24, 2.45) is 0 Å². The summed E-state index contributed by atoms with van der Waals surface area (Å²) in [6.45, 7) is 0.341. The molecule has 22 heavy (non-hydrogen) atoms. The predicted octanol–water partition coefficient (Wildman–Crippen LogP) is 2.70. The van der Waals surface area contributed by atoms with Gasteiger partial charge in [-0.2, -0.15) is 0 Å². The first-order valence-electron chi connectivity index (χ1n) is 7.16. The third kappa shape index (κ3) is 4.18. The third-order valence-corrected chi connectivity index (χ3v) is 3.64. The van der Waals surface area contributed by atoms with Crippen molar-refractivity contribution in [1.82, 2.24) is 15.3 Å². The van der Waals surface area contributed by atoms with Gasteiger partial charge in [-0.05, 0) is 43.2 Å². The lowest BCUT2D eigenvalue weighted by atomic mass is 10.2. The minimum Gasteiger partial charge on any atom is -0.484 e. The largest absolute Gasteiger partial charge is 0.484 e. The number of carbonyl (C=O) groups excluding carboxylic acids is 1. The molecule has 1 aromatic heterocycles. The monoisotopic (exact) mass is 317 g/mol. The second kappa shape index (κ2) is 6.75. The van der Waals surface area contributed by atoms with Crippen molar-refractivity contribution in [2.75, 3.05) is 6.61 Å². The number of benzene rings is 1. The molecule has 1 fully saturated rings. The fourth-order valence-electron chi connectivity index (χ4n) is 2.03. The molecule has 1 N–H and O–H groups in total. The Hall–Kier alpha value is -2.14. The molecule has 114 valence electrons. The second-order valence-corrected chi connectivity index (χ2v) is 5.66. The number of hydrogen-bond donors (Lipinski definition) is 1. The van der Waals surface area contributed by atoms with Gasteiger partial charge in [-0.25, -0.2) is 9.97 Å². The Balaban J connectivity index is 1.45. The summed E-state index contributed by atoms with van der Waals surface area (Å²) in [5.74, 6) is 0.991. The number of nitrogens with zero attached hydrogens (tertiary/aromatic N) is 2. The van der Waals surface area contributed by atoms with Crippen molar-refractivity contribution in [3.8, 4) is 5.75 Å². The summed E-state index contributed by atoms with van der Waals surface area (Å²) < 4.78 is 5.38. The van der Waals surface area contributed by atoms with E-state index < -0.39 is 0 Å². The molecule has 1 amide bonds. The van der Waals surface area contributed by atoms with Crippen LogP contribution in [0.25, 0.3) is 0 Å². The highest BCUT2D eigenvalue weighted by Crippen LogP contribution is 2.38. The summed E-state index contributed by atoms with van der Waals surface area (Å²) in [4.78, 5) is 20.2. The van der Waals surface area contributed by atoms with Gasteiger partial charge in [0.05, 0.1) is 12.2 Å². The van der Waals surface area contributed by atoms with Crippen molar-refractivity contribution < 1.29 is 9.53 Å². The van der Waals surface area contributed by atoms with Crippen LogP contribution in [0.2, 0.25) is 5.02 Å². The summed E-state index contributed by atoms with van der Waals surface area (Å²) in [6.07, 6.45) is 3.94. The molecule has 1 aromatic carbocycles. The van der Waals surface area contributed by atoms with E-state index in [9.17, 15) is 4.79 Å². The quantitative estimate of drug-likeness (QED) is 0.889. The first-order valence-corrected chi connectivity index (χ1v) is 7.54. The standard InChI is InChI=1S/C16H16ClN3O2/c17-12-3-5-14(6-4-12)22-9-16(21)18-8-13-7-15(11-1-2-11)20-10-19-13/h3-7,10-11H,1-2,8-9H2,(H,18,21). The number of aromatic nitrogens is 2. The Morgan fingerprint density at radius 2 is 2.05 bits per heavy atom. The molecule has 0 atom stereocenters. The molecule has 1 aliphatic rings. The van der Waals surface area contributed by atoms with E-state index in [4.69, 9.17) is 16.3 Å². The van der Waals surface area contributed by atoms with Crippen LogP contribution >= 0.6 is 11.6 Å². The molecule has 0 saturated heterocycles. The Kier molecular flexibility index (Phi) is 4.53. The Labute approximate surface area is 133 Å². The smallest absolute Gasteiger partial charge is 0.258 e. The normalized spacial score (nSPS) is 13.7. The highest BCUT2D eigenvalue weighted by molar-refractivity contribution is 6.30. The van der Waals surface area contributed by atoms with Gasteiger partial charge in [0.1, 0.15) is 12.1 Å². The fraction of sp³-hybridized carbons (Fsp3) is 0.312. The van der Waals surface area contributed by atoms with E-state index in [1.54, 1.807) is 30.6 Å². The summed E-state index contributed by atoms with van der Waals surface area (Å²) >= 11 is 5.78. The van der Waals surface area contributed by atoms with Crippen LogP contribution < -0.4 is 10.1 Å². The number of halogens is 1. The van der Waals surface area contributed by atoms with Crippen LogP contribution in [0.4, 0.5) is 0 Å². The van der Waals surface area contributed by atoms with Crippen molar-refractivity contribution in [2.45, 2.75) is 25.3 Å². The van der Waals surface area contributed by atoms with Crippen LogP contribution in [0.3, 0.4) is 0 Å². The molecular weight excluding hydrogens is 302 g/mol. The lowest BCUT2D eigenvalue weighted by Gasteiger charge is -2.08. The maximum absolute atomic E-state index is 11.8. The van der Waals surface area contributed by atoms with Crippen LogP contribution in [-0.2, 0) is 11.3 Å². The van der Waals surface area contributed by atoms with Crippen LogP contribution in [0.15, 0.2) is 36.7 Å². The van der Waals surface area contributed by atoms with E-state index in [-0.39, 0.29) is 12.5 Å². The van der Waals surface area contributed by atoms with Crippen molar-refractivity contribution in [3.63, 3.8) is 0 Å². The van der Waals surface area contributed by atoms with E-state index in [1.165, 1.54) is 12.8 Å². The molecule has 0 bridgehead atoms. The summed E-state index contributed by atoms with van der Waals surface area (Å²) in [5, 5.41) is 3.42. The number of nitrogens with one attached hydrogen (secondary N) is 1. The van der Waals surface area contributed by atoms with Gasteiger partial charge in [-0.15, -0.1) is 0 Å². The van der Waals surface area contributed by atoms with Crippen molar-refractivity contribution in [3.05, 3.63) is 53.1 Å². The third-order valence-electron chi connectivity index (χ3n) is 3.39. The highest BCUT2D eigenvalue weighted by atomic mass is 35.5. The van der Waals surface area contributed by atoms with Gasteiger partial charge in [-0.1, -0.05) is 11.6 Å².